The van der Waals surface area contributed by atoms with E-state index >= 15 is 0 Å². The van der Waals surface area contributed by atoms with Crippen LogP contribution in [-0.2, 0) is 6.54 Å². The van der Waals surface area contributed by atoms with Crippen molar-refractivity contribution in [3.05, 3.63) is 66.4 Å². The molecule has 0 amide bonds. The summed E-state index contributed by atoms with van der Waals surface area (Å²) in [6.45, 7) is 4.63. The lowest BCUT2D eigenvalue weighted by Gasteiger charge is -2.33. The van der Waals surface area contributed by atoms with E-state index in [2.05, 4.69) is 9.88 Å². The molecule has 134 valence electrons. The highest BCUT2D eigenvalue weighted by Crippen LogP contribution is 2.21. The number of hydrogen-bond acceptors (Lipinski definition) is 4. The van der Waals surface area contributed by atoms with E-state index in [0.717, 1.165) is 44.0 Å². The lowest BCUT2D eigenvalue weighted by molar-refractivity contribution is -0.915. The number of aromatic nitrogens is 1. The highest BCUT2D eigenvalue weighted by atomic mass is 19.1. The molecule has 0 spiro atoms. The van der Waals surface area contributed by atoms with Crippen LogP contribution in [0.3, 0.4) is 0 Å². The molecule has 6 heteroatoms. The Kier molecular flexibility index (Phi) is 4.58. The summed E-state index contributed by atoms with van der Waals surface area (Å²) < 4.78 is 18.9. The van der Waals surface area contributed by atoms with Crippen LogP contribution in [0.1, 0.15) is 5.89 Å². The third-order valence-electron chi connectivity index (χ3n) is 4.77. The number of anilines is 1. The van der Waals surface area contributed by atoms with Gasteiger partial charge in [0, 0.05) is 11.3 Å². The fourth-order valence-electron chi connectivity index (χ4n) is 3.27. The highest BCUT2D eigenvalue weighted by Gasteiger charge is 2.22. The number of quaternary nitrogens is 1. The third kappa shape index (κ3) is 3.70. The third-order valence-corrected chi connectivity index (χ3v) is 4.77. The topological polar surface area (TPSA) is 53.9 Å². The molecule has 0 bridgehead atoms. The van der Waals surface area contributed by atoms with Crippen molar-refractivity contribution in [1.29, 1.82) is 0 Å². The summed E-state index contributed by atoms with van der Waals surface area (Å²) in [7, 11) is 0. The van der Waals surface area contributed by atoms with Gasteiger partial charge in [0.05, 0.1) is 32.4 Å². The molecule has 2 N–H and O–H groups in total. The smallest absolute Gasteiger partial charge is 0.250 e. The molecule has 0 saturated carbocycles. The molecule has 2 heterocycles. The Morgan fingerprint density at radius 3 is 2.42 bits per heavy atom. The first-order valence-corrected chi connectivity index (χ1v) is 8.75. The maximum atomic E-state index is 13.0. The summed E-state index contributed by atoms with van der Waals surface area (Å²) in [4.78, 5) is 8.12. The second kappa shape index (κ2) is 7.17. The number of phenols is 1. The molecule has 0 aliphatic carbocycles. The molecular weight excluding hydrogens is 333 g/mol. The summed E-state index contributed by atoms with van der Waals surface area (Å²) in [5.74, 6) is 1.41. The molecule has 0 radical (unpaired) electrons. The first kappa shape index (κ1) is 16.6. The van der Waals surface area contributed by atoms with E-state index in [1.165, 1.54) is 17.0 Å². The average Bonchev–Trinajstić information content (AvgIpc) is 3.12. The van der Waals surface area contributed by atoms with Crippen LogP contribution < -0.4 is 9.80 Å². The summed E-state index contributed by atoms with van der Waals surface area (Å²) in [6, 6.07) is 13.6. The number of nitrogens with zero attached hydrogens (tertiary/aromatic N) is 2. The lowest BCUT2D eigenvalue weighted by Crippen LogP contribution is -3.13. The molecule has 1 aliphatic heterocycles. The van der Waals surface area contributed by atoms with Crippen molar-refractivity contribution in [2.24, 2.45) is 0 Å². The number of piperazine rings is 1. The number of rotatable bonds is 4. The van der Waals surface area contributed by atoms with Gasteiger partial charge >= 0.3 is 0 Å². The molecule has 5 nitrogen and oxygen atoms in total. The van der Waals surface area contributed by atoms with Crippen molar-refractivity contribution in [1.82, 2.24) is 4.98 Å². The molecule has 1 aromatic heterocycles. The van der Waals surface area contributed by atoms with Gasteiger partial charge in [0.25, 0.3) is 5.89 Å². The molecular formula is C20H21FN3O2+. The fraction of sp³-hybridized carbons (Fsp3) is 0.250. The summed E-state index contributed by atoms with van der Waals surface area (Å²) in [6.07, 6.45) is 1.70. The summed E-state index contributed by atoms with van der Waals surface area (Å²) in [5.41, 5.74) is 1.97. The molecule has 1 aliphatic rings. The van der Waals surface area contributed by atoms with Crippen molar-refractivity contribution >= 4 is 5.69 Å². The maximum absolute atomic E-state index is 13.0. The standard InChI is InChI=1S/C20H20FN3O2/c21-16-3-1-15(2-4-16)19-13-22-20(26-19)14-23-9-11-24(12-10-23)17-5-7-18(25)8-6-17/h1-8,13,25H,9-12,14H2/p+1. The van der Waals surface area contributed by atoms with E-state index < -0.39 is 0 Å². The Hall–Kier alpha value is -2.86. The molecule has 3 aromatic rings. The molecule has 1 saturated heterocycles. The Labute approximate surface area is 151 Å². The monoisotopic (exact) mass is 354 g/mol. The Morgan fingerprint density at radius 1 is 1.04 bits per heavy atom. The first-order chi connectivity index (χ1) is 12.7. The van der Waals surface area contributed by atoms with Gasteiger partial charge in [-0.05, 0) is 48.5 Å². The van der Waals surface area contributed by atoms with Crippen LogP contribution in [0.4, 0.5) is 10.1 Å². The number of hydrogen-bond donors (Lipinski definition) is 2. The second-order valence-electron chi connectivity index (χ2n) is 6.56. The number of halogens is 1. The predicted molar refractivity (Wildman–Crippen MR) is 96.6 cm³/mol. The van der Waals surface area contributed by atoms with Gasteiger partial charge < -0.3 is 19.3 Å². The molecule has 1 fully saturated rings. The second-order valence-corrected chi connectivity index (χ2v) is 6.56. The van der Waals surface area contributed by atoms with Crippen molar-refractivity contribution in [2.75, 3.05) is 31.1 Å². The maximum Gasteiger partial charge on any atom is 0.250 e. The normalized spacial score (nSPS) is 15.3. The Balaban J connectivity index is 1.34. The number of nitrogens with one attached hydrogen (secondary N) is 1. The van der Waals surface area contributed by atoms with E-state index in [-0.39, 0.29) is 5.82 Å². The molecule has 4 rings (SSSR count). The fourth-order valence-corrected chi connectivity index (χ4v) is 3.27. The highest BCUT2D eigenvalue weighted by molar-refractivity contribution is 5.55. The van der Waals surface area contributed by atoms with E-state index in [0.29, 0.717) is 17.4 Å². The minimum absolute atomic E-state index is 0.260. The average molecular weight is 354 g/mol. The van der Waals surface area contributed by atoms with Gasteiger partial charge in [0.1, 0.15) is 11.6 Å². The van der Waals surface area contributed by atoms with Crippen LogP contribution in [0, 0.1) is 5.82 Å². The number of oxazole rings is 1. The molecule has 2 aromatic carbocycles. The minimum Gasteiger partial charge on any atom is -0.508 e. The van der Waals surface area contributed by atoms with E-state index in [1.807, 2.05) is 12.1 Å². The van der Waals surface area contributed by atoms with Gasteiger partial charge in [-0.1, -0.05) is 0 Å². The summed E-state index contributed by atoms with van der Waals surface area (Å²) in [5, 5.41) is 9.40. The van der Waals surface area contributed by atoms with Crippen LogP contribution in [-0.4, -0.2) is 36.3 Å². The Morgan fingerprint density at radius 2 is 1.73 bits per heavy atom. The van der Waals surface area contributed by atoms with Gasteiger partial charge in [0.15, 0.2) is 12.3 Å². The zero-order chi connectivity index (χ0) is 17.9. The number of benzene rings is 2. The van der Waals surface area contributed by atoms with Gasteiger partial charge in [-0.25, -0.2) is 9.37 Å². The number of aromatic hydroxyl groups is 1. The van der Waals surface area contributed by atoms with Crippen LogP contribution in [0.25, 0.3) is 11.3 Å². The largest absolute Gasteiger partial charge is 0.508 e. The van der Waals surface area contributed by atoms with Gasteiger partial charge in [-0.15, -0.1) is 0 Å². The quantitative estimate of drug-likeness (QED) is 0.753. The van der Waals surface area contributed by atoms with Gasteiger partial charge in [0.2, 0.25) is 0 Å². The molecule has 0 unspecified atom stereocenters. The number of phenolic OH excluding ortho intramolecular Hbond substituents is 1. The van der Waals surface area contributed by atoms with E-state index in [9.17, 15) is 9.50 Å². The first-order valence-electron chi connectivity index (χ1n) is 8.75. The van der Waals surface area contributed by atoms with Crippen molar-refractivity contribution in [3.63, 3.8) is 0 Å². The Bertz CT molecular complexity index is 854. The van der Waals surface area contributed by atoms with Crippen LogP contribution in [0.5, 0.6) is 5.75 Å². The lowest BCUT2D eigenvalue weighted by atomic mass is 10.2. The summed E-state index contributed by atoms with van der Waals surface area (Å²) >= 11 is 0. The van der Waals surface area contributed by atoms with E-state index in [4.69, 9.17) is 4.42 Å². The zero-order valence-corrected chi connectivity index (χ0v) is 14.4. The minimum atomic E-state index is -0.260. The molecule has 0 atom stereocenters. The molecule has 26 heavy (non-hydrogen) atoms. The van der Waals surface area contributed by atoms with Crippen LogP contribution >= 0.6 is 0 Å². The van der Waals surface area contributed by atoms with Crippen molar-refractivity contribution in [2.45, 2.75) is 6.54 Å². The van der Waals surface area contributed by atoms with Crippen LogP contribution in [0.2, 0.25) is 0 Å². The van der Waals surface area contributed by atoms with E-state index in [1.54, 1.807) is 30.5 Å². The SMILES string of the molecule is Oc1ccc(N2CC[NH+](Cc3ncc(-c4ccc(F)cc4)o3)CC2)cc1. The zero-order valence-electron chi connectivity index (χ0n) is 14.4. The van der Waals surface area contributed by atoms with Gasteiger partial charge in [-0.2, -0.15) is 0 Å². The predicted octanol–water partition coefficient (Wildman–Crippen LogP) is 2.09. The van der Waals surface area contributed by atoms with Gasteiger partial charge in [-0.3, -0.25) is 0 Å². The van der Waals surface area contributed by atoms with Crippen LogP contribution in [0.15, 0.2) is 59.1 Å². The van der Waals surface area contributed by atoms with Crippen molar-refractivity contribution < 1.29 is 18.8 Å². The van der Waals surface area contributed by atoms with Crippen molar-refractivity contribution in [3.8, 4) is 17.1 Å².